The van der Waals surface area contributed by atoms with Gasteiger partial charge in [-0.05, 0) is 0 Å². The van der Waals surface area contributed by atoms with Crippen molar-refractivity contribution in [3.8, 4) is 0 Å². The van der Waals surface area contributed by atoms with Crippen LogP contribution < -0.4 is 0 Å². The van der Waals surface area contributed by atoms with Crippen LogP contribution >= 0.6 is 0 Å². The largest absolute Gasteiger partial charge is 0.477 e. The van der Waals surface area contributed by atoms with Crippen LogP contribution in [0.1, 0.15) is 0 Å². The third kappa shape index (κ3) is 2.15. The molecule has 0 atom stereocenters. The van der Waals surface area contributed by atoms with Gasteiger partial charge in [0.15, 0.2) is 0 Å². The highest BCUT2D eigenvalue weighted by Crippen LogP contribution is 2.06. The van der Waals surface area contributed by atoms with Crippen LogP contribution in [-0.4, -0.2) is 36.4 Å². The van der Waals surface area contributed by atoms with Crippen LogP contribution in [0.5, 0.6) is 0 Å². The Balaban J connectivity index is 5.03. The van der Waals surface area contributed by atoms with Gasteiger partial charge in [-0.15, -0.1) is 0 Å². The summed E-state index contributed by atoms with van der Waals surface area (Å²) < 4.78 is 8.76. The summed E-state index contributed by atoms with van der Waals surface area (Å²) >= 11 is 0. The van der Waals surface area contributed by atoms with E-state index in [2.05, 4.69) is 9.47 Å². The zero-order valence-electron chi connectivity index (χ0n) is 6.53. The van der Waals surface area contributed by atoms with E-state index in [1.165, 1.54) is 0 Å². The Morgan fingerprint density at radius 3 is 1.42 bits per heavy atom. The maximum absolute atomic E-state index is 10.3. The fourth-order valence-corrected chi connectivity index (χ4v) is 0.554. The molecule has 0 aliphatic heterocycles. The van der Waals surface area contributed by atoms with E-state index in [-0.39, 0.29) is 0 Å². The van der Waals surface area contributed by atoms with E-state index in [1.807, 2.05) is 0 Å². The molecule has 0 heterocycles. The van der Waals surface area contributed by atoms with Gasteiger partial charge < -0.3 is 19.7 Å². The summed E-state index contributed by atoms with van der Waals surface area (Å²) in [5.41, 5.74) is -0.931. The number of carboxylic acid groups (broad SMARTS) is 2. The normalized spacial score (nSPS) is 8.50. The van der Waals surface area contributed by atoms with Crippen LogP contribution in [-0.2, 0) is 19.1 Å². The zero-order chi connectivity index (χ0) is 9.72. The summed E-state index contributed by atoms with van der Waals surface area (Å²) in [6.45, 7) is 0. The number of methoxy groups -OCH3 is 2. The SMILES string of the molecule is COC(OC)=C(C(=O)O)C(=O)O. The quantitative estimate of drug-likeness (QED) is 0.263. The van der Waals surface area contributed by atoms with Crippen molar-refractivity contribution >= 4 is 11.9 Å². The molecule has 68 valence electrons. The molecule has 6 nitrogen and oxygen atoms in total. The first-order chi connectivity index (χ1) is 5.54. The van der Waals surface area contributed by atoms with E-state index >= 15 is 0 Å². The second-order valence-electron chi connectivity index (χ2n) is 1.68. The van der Waals surface area contributed by atoms with Gasteiger partial charge in [0, 0.05) is 0 Å². The lowest BCUT2D eigenvalue weighted by Crippen LogP contribution is -2.15. The first kappa shape index (κ1) is 10.3. The molecule has 0 unspecified atom stereocenters. The van der Waals surface area contributed by atoms with Gasteiger partial charge in [-0.3, -0.25) is 0 Å². The highest BCUT2D eigenvalue weighted by molar-refractivity contribution is 6.12. The summed E-state index contributed by atoms with van der Waals surface area (Å²) in [7, 11) is 2.23. The van der Waals surface area contributed by atoms with Crippen molar-refractivity contribution in [3.63, 3.8) is 0 Å². The number of aliphatic carboxylic acids is 2. The third-order valence-electron chi connectivity index (χ3n) is 1.00. The van der Waals surface area contributed by atoms with E-state index in [0.29, 0.717) is 0 Å². The van der Waals surface area contributed by atoms with Crippen molar-refractivity contribution in [1.29, 1.82) is 0 Å². The molecule has 0 radical (unpaired) electrons. The van der Waals surface area contributed by atoms with Crippen LogP contribution in [0.4, 0.5) is 0 Å². The molecule has 0 bridgehead atoms. The van der Waals surface area contributed by atoms with Gasteiger partial charge in [0.05, 0.1) is 14.2 Å². The van der Waals surface area contributed by atoms with Crippen LogP contribution in [0.2, 0.25) is 0 Å². The molecule has 0 aromatic heterocycles. The molecule has 0 saturated carbocycles. The van der Waals surface area contributed by atoms with Crippen molar-refractivity contribution in [2.75, 3.05) is 14.2 Å². The number of rotatable bonds is 4. The Morgan fingerprint density at radius 1 is 1.00 bits per heavy atom. The van der Waals surface area contributed by atoms with E-state index in [9.17, 15) is 9.59 Å². The summed E-state index contributed by atoms with van der Waals surface area (Å²) in [5.74, 6) is -3.75. The van der Waals surface area contributed by atoms with Gasteiger partial charge in [0.25, 0.3) is 0 Å². The molecule has 0 aromatic carbocycles. The molecule has 0 aromatic rings. The minimum atomic E-state index is -1.61. The Labute approximate surface area is 68.0 Å². The summed E-state index contributed by atoms with van der Waals surface area (Å²) in [5, 5.41) is 16.8. The monoisotopic (exact) mass is 176 g/mol. The van der Waals surface area contributed by atoms with Gasteiger partial charge in [-0.25, -0.2) is 9.59 Å². The predicted octanol–water partition coefficient (Wildman–Crippen LogP) is -0.340. The van der Waals surface area contributed by atoms with Crippen molar-refractivity contribution in [1.82, 2.24) is 0 Å². The number of hydrogen-bond acceptors (Lipinski definition) is 4. The lowest BCUT2D eigenvalue weighted by atomic mass is 10.3. The molecule has 0 spiro atoms. The van der Waals surface area contributed by atoms with Gasteiger partial charge >= 0.3 is 17.9 Å². The highest BCUT2D eigenvalue weighted by Gasteiger charge is 2.24. The molecular weight excluding hydrogens is 168 g/mol. The molecule has 12 heavy (non-hydrogen) atoms. The molecular formula is C6H8O6. The predicted molar refractivity (Wildman–Crippen MR) is 36.3 cm³/mol. The minimum absolute atomic E-state index is 0.532. The Kier molecular flexibility index (Phi) is 3.61. The van der Waals surface area contributed by atoms with E-state index in [0.717, 1.165) is 14.2 Å². The lowest BCUT2D eigenvalue weighted by Gasteiger charge is -2.05. The standard InChI is InChI=1S/C6H8O6/c1-11-6(12-2)3(4(7)8)5(9)10/h1-2H3,(H,7,8)(H,9,10). The second-order valence-corrected chi connectivity index (χ2v) is 1.68. The molecule has 0 aliphatic carbocycles. The van der Waals surface area contributed by atoms with E-state index < -0.39 is 23.5 Å². The Bertz CT molecular complexity index is 206. The van der Waals surface area contributed by atoms with Gasteiger partial charge in [0.1, 0.15) is 0 Å². The third-order valence-corrected chi connectivity index (χ3v) is 1.00. The average molecular weight is 176 g/mol. The number of ether oxygens (including phenoxy) is 2. The minimum Gasteiger partial charge on any atom is -0.477 e. The maximum Gasteiger partial charge on any atom is 0.350 e. The fraction of sp³-hybridized carbons (Fsp3) is 0.333. The van der Waals surface area contributed by atoms with E-state index in [1.54, 1.807) is 0 Å². The van der Waals surface area contributed by atoms with Crippen LogP contribution in [0, 0.1) is 0 Å². The number of hydrogen-bond donors (Lipinski definition) is 2. The molecule has 0 saturated heterocycles. The Morgan fingerprint density at radius 2 is 1.33 bits per heavy atom. The zero-order valence-corrected chi connectivity index (χ0v) is 6.53. The Hall–Kier alpha value is -1.72. The van der Waals surface area contributed by atoms with Crippen molar-refractivity contribution in [2.24, 2.45) is 0 Å². The molecule has 0 aliphatic rings. The summed E-state index contributed by atoms with van der Waals surface area (Å²) in [6, 6.07) is 0. The second kappa shape index (κ2) is 4.22. The van der Waals surface area contributed by atoms with Crippen molar-refractivity contribution in [3.05, 3.63) is 11.5 Å². The van der Waals surface area contributed by atoms with Gasteiger partial charge in [-0.1, -0.05) is 0 Å². The van der Waals surface area contributed by atoms with Gasteiger partial charge in [-0.2, -0.15) is 0 Å². The van der Waals surface area contributed by atoms with Crippen LogP contribution in [0.15, 0.2) is 11.5 Å². The number of carboxylic acids is 2. The lowest BCUT2D eigenvalue weighted by molar-refractivity contribution is -0.141. The van der Waals surface area contributed by atoms with Crippen LogP contribution in [0.25, 0.3) is 0 Å². The van der Waals surface area contributed by atoms with E-state index in [4.69, 9.17) is 10.2 Å². The van der Waals surface area contributed by atoms with Crippen molar-refractivity contribution in [2.45, 2.75) is 0 Å². The average Bonchev–Trinajstić information content (AvgIpc) is 1.98. The number of carbonyl (C=O) groups is 2. The smallest absolute Gasteiger partial charge is 0.350 e. The van der Waals surface area contributed by atoms with Crippen molar-refractivity contribution < 1.29 is 29.3 Å². The maximum atomic E-state index is 10.3. The molecule has 0 amide bonds. The molecule has 0 rings (SSSR count). The molecule has 2 N–H and O–H groups in total. The van der Waals surface area contributed by atoms with Crippen LogP contribution in [0.3, 0.4) is 0 Å². The first-order valence-electron chi connectivity index (χ1n) is 2.83. The highest BCUT2D eigenvalue weighted by atomic mass is 16.7. The molecule has 6 heteroatoms. The van der Waals surface area contributed by atoms with Gasteiger partial charge in [0.2, 0.25) is 5.57 Å². The molecule has 0 fully saturated rings. The summed E-state index contributed by atoms with van der Waals surface area (Å²) in [4.78, 5) is 20.6. The first-order valence-corrected chi connectivity index (χ1v) is 2.83. The fourth-order valence-electron chi connectivity index (χ4n) is 0.554. The topological polar surface area (TPSA) is 93.1 Å². The summed E-state index contributed by atoms with van der Waals surface area (Å²) in [6.07, 6.45) is 0.